The van der Waals surface area contributed by atoms with Gasteiger partial charge in [-0.3, -0.25) is 0 Å². The standard InChI is InChI=1S/C6H4Cl2O2/c7-3-1-5(9)6(10)2-4(3)8/h1-2,9-10H/p-2. The largest absolute Gasteiger partial charge is 0.873 e. The normalized spacial score (nSPS) is 9.80. The lowest BCUT2D eigenvalue weighted by molar-refractivity contribution is -0.317. The fraction of sp³-hybridized carbons (Fsp3) is 0. The highest BCUT2D eigenvalue weighted by Crippen LogP contribution is 2.30. The first-order valence-corrected chi connectivity index (χ1v) is 3.20. The fourth-order valence-electron chi connectivity index (χ4n) is 0.510. The Balaban J connectivity index is 3.28. The Morgan fingerprint density at radius 1 is 0.900 bits per heavy atom. The minimum atomic E-state index is -0.630. The molecule has 0 heterocycles. The number of hydrogen-bond acceptors (Lipinski definition) is 2. The zero-order valence-corrected chi connectivity index (χ0v) is 6.24. The van der Waals surface area contributed by atoms with E-state index in [2.05, 4.69) is 0 Å². The molecule has 0 amide bonds. The van der Waals surface area contributed by atoms with Gasteiger partial charge in [0.2, 0.25) is 0 Å². The van der Waals surface area contributed by atoms with Crippen LogP contribution in [-0.2, 0) is 0 Å². The predicted molar refractivity (Wildman–Crippen MR) is 35.4 cm³/mol. The summed E-state index contributed by atoms with van der Waals surface area (Å²) in [5.74, 6) is -1.26. The van der Waals surface area contributed by atoms with Gasteiger partial charge in [0.25, 0.3) is 0 Å². The Bertz CT molecular complexity index is 210. The van der Waals surface area contributed by atoms with E-state index in [-0.39, 0.29) is 10.0 Å². The van der Waals surface area contributed by atoms with Gasteiger partial charge >= 0.3 is 0 Å². The smallest absolute Gasteiger partial charge is 0.0585 e. The van der Waals surface area contributed by atoms with Gasteiger partial charge in [-0.15, -0.1) is 11.5 Å². The lowest BCUT2D eigenvalue weighted by Gasteiger charge is -2.17. The van der Waals surface area contributed by atoms with Crippen molar-refractivity contribution in [1.82, 2.24) is 0 Å². The summed E-state index contributed by atoms with van der Waals surface area (Å²) in [7, 11) is 0. The van der Waals surface area contributed by atoms with Gasteiger partial charge in [0.05, 0.1) is 10.0 Å². The van der Waals surface area contributed by atoms with Crippen molar-refractivity contribution >= 4 is 23.2 Å². The summed E-state index contributed by atoms with van der Waals surface area (Å²) in [5, 5.41) is 21.3. The van der Waals surface area contributed by atoms with Gasteiger partial charge in [-0.25, -0.2) is 0 Å². The maximum Gasteiger partial charge on any atom is 0.0585 e. The van der Waals surface area contributed by atoms with Crippen LogP contribution in [0.1, 0.15) is 0 Å². The van der Waals surface area contributed by atoms with E-state index < -0.39 is 11.5 Å². The van der Waals surface area contributed by atoms with Gasteiger partial charge in [0.1, 0.15) is 0 Å². The van der Waals surface area contributed by atoms with E-state index >= 15 is 0 Å². The van der Waals surface area contributed by atoms with Crippen LogP contribution >= 0.6 is 23.2 Å². The lowest BCUT2D eigenvalue weighted by atomic mass is 10.3. The molecule has 1 aromatic rings. The fourth-order valence-corrected chi connectivity index (χ4v) is 0.818. The molecular formula is C6H2Cl2O2-2. The quantitative estimate of drug-likeness (QED) is 0.596. The van der Waals surface area contributed by atoms with Crippen molar-refractivity contribution in [3.05, 3.63) is 22.2 Å². The highest BCUT2D eigenvalue weighted by molar-refractivity contribution is 6.42. The second-order valence-electron chi connectivity index (χ2n) is 1.71. The molecule has 0 N–H and O–H groups in total. The minimum absolute atomic E-state index is 0.117. The summed E-state index contributed by atoms with van der Waals surface area (Å²) < 4.78 is 0. The molecular weight excluding hydrogens is 175 g/mol. The van der Waals surface area contributed by atoms with Gasteiger partial charge in [-0.2, -0.15) is 0 Å². The molecule has 0 aromatic heterocycles. The summed E-state index contributed by atoms with van der Waals surface area (Å²) >= 11 is 10.8. The molecule has 0 aliphatic carbocycles. The molecule has 0 unspecified atom stereocenters. The SMILES string of the molecule is [O-]c1cc(Cl)c(Cl)cc1[O-]. The van der Waals surface area contributed by atoms with Crippen LogP contribution < -0.4 is 10.2 Å². The number of hydrogen-bond donors (Lipinski definition) is 0. The molecule has 0 bridgehead atoms. The average Bonchev–Trinajstić information content (AvgIpc) is 1.84. The Hall–Kier alpha value is -0.600. The van der Waals surface area contributed by atoms with Crippen molar-refractivity contribution in [2.24, 2.45) is 0 Å². The predicted octanol–water partition coefficient (Wildman–Crippen LogP) is 1.14. The third-order valence-electron chi connectivity index (χ3n) is 0.987. The first-order chi connectivity index (χ1) is 4.61. The van der Waals surface area contributed by atoms with Crippen LogP contribution in [0.15, 0.2) is 12.1 Å². The Labute approximate surface area is 67.6 Å². The minimum Gasteiger partial charge on any atom is -0.873 e. The molecule has 4 heteroatoms. The van der Waals surface area contributed by atoms with E-state index in [1.807, 2.05) is 0 Å². The lowest BCUT2D eigenvalue weighted by Crippen LogP contribution is -1.98. The van der Waals surface area contributed by atoms with Gasteiger partial charge in [-0.05, 0) is 0 Å². The number of benzene rings is 1. The summed E-state index contributed by atoms with van der Waals surface area (Å²) in [6.45, 7) is 0. The van der Waals surface area contributed by atoms with E-state index in [0.29, 0.717) is 0 Å². The molecule has 0 atom stereocenters. The van der Waals surface area contributed by atoms with Gasteiger partial charge in [-0.1, -0.05) is 35.3 Å². The molecule has 1 aromatic carbocycles. The summed E-state index contributed by atoms with van der Waals surface area (Å²) in [6, 6.07) is 2.01. The van der Waals surface area contributed by atoms with Crippen molar-refractivity contribution in [3.8, 4) is 11.5 Å². The van der Waals surface area contributed by atoms with Gasteiger partial charge in [0, 0.05) is 0 Å². The second-order valence-corrected chi connectivity index (χ2v) is 2.53. The van der Waals surface area contributed by atoms with Crippen molar-refractivity contribution in [3.63, 3.8) is 0 Å². The zero-order valence-electron chi connectivity index (χ0n) is 4.73. The van der Waals surface area contributed by atoms with Crippen LogP contribution in [0.2, 0.25) is 10.0 Å². The van der Waals surface area contributed by atoms with Crippen molar-refractivity contribution in [2.75, 3.05) is 0 Å². The molecule has 0 saturated heterocycles. The molecule has 0 saturated carbocycles. The molecule has 0 fully saturated rings. The van der Waals surface area contributed by atoms with E-state index in [0.717, 1.165) is 12.1 Å². The maximum absolute atomic E-state index is 10.5. The number of rotatable bonds is 0. The van der Waals surface area contributed by atoms with Crippen LogP contribution in [0.4, 0.5) is 0 Å². The highest BCUT2D eigenvalue weighted by Gasteiger charge is 1.93. The van der Waals surface area contributed by atoms with Crippen molar-refractivity contribution in [2.45, 2.75) is 0 Å². The third-order valence-corrected chi connectivity index (χ3v) is 1.71. The zero-order chi connectivity index (χ0) is 7.72. The monoisotopic (exact) mass is 176 g/mol. The maximum atomic E-state index is 10.5. The molecule has 2 nitrogen and oxygen atoms in total. The summed E-state index contributed by atoms with van der Waals surface area (Å²) in [4.78, 5) is 0. The molecule has 1 rings (SSSR count). The van der Waals surface area contributed by atoms with Gasteiger partial charge < -0.3 is 10.2 Å². The first-order valence-electron chi connectivity index (χ1n) is 2.44. The Morgan fingerprint density at radius 3 is 1.50 bits per heavy atom. The topological polar surface area (TPSA) is 46.1 Å². The molecule has 0 radical (unpaired) electrons. The van der Waals surface area contributed by atoms with E-state index in [4.69, 9.17) is 23.2 Å². The van der Waals surface area contributed by atoms with Crippen LogP contribution in [0.5, 0.6) is 11.5 Å². The molecule has 54 valence electrons. The van der Waals surface area contributed by atoms with Crippen molar-refractivity contribution in [1.29, 1.82) is 0 Å². The van der Waals surface area contributed by atoms with Gasteiger partial charge in [0.15, 0.2) is 0 Å². The highest BCUT2D eigenvalue weighted by atomic mass is 35.5. The van der Waals surface area contributed by atoms with E-state index in [9.17, 15) is 10.2 Å². The first kappa shape index (κ1) is 7.51. The van der Waals surface area contributed by atoms with Crippen molar-refractivity contribution < 1.29 is 10.2 Å². The van der Waals surface area contributed by atoms with Crippen LogP contribution in [0, 0.1) is 0 Å². The van der Waals surface area contributed by atoms with Crippen LogP contribution in [0.3, 0.4) is 0 Å². The van der Waals surface area contributed by atoms with E-state index in [1.165, 1.54) is 0 Å². The Kier molecular flexibility index (Phi) is 1.92. The Morgan fingerprint density at radius 2 is 1.20 bits per heavy atom. The average molecular weight is 177 g/mol. The summed E-state index contributed by atoms with van der Waals surface area (Å²) in [5.41, 5.74) is 0. The third kappa shape index (κ3) is 1.28. The molecule has 10 heavy (non-hydrogen) atoms. The molecule has 0 aliphatic heterocycles. The molecule has 0 aliphatic rings. The summed E-state index contributed by atoms with van der Waals surface area (Å²) in [6.07, 6.45) is 0. The van der Waals surface area contributed by atoms with Crippen LogP contribution in [-0.4, -0.2) is 0 Å². The van der Waals surface area contributed by atoms with Crippen LogP contribution in [0.25, 0.3) is 0 Å². The number of halogens is 2. The molecule has 0 spiro atoms. The second kappa shape index (κ2) is 2.56. The van der Waals surface area contributed by atoms with E-state index in [1.54, 1.807) is 0 Å².